The summed E-state index contributed by atoms with van der Waals surface area (Å²) in [5, 5.41) is 9.27. The summed E-state index contributed by atoms with van der Waals surface area (Å²) >= 11 is 0. The van der Waals surface area contributed by atoms with Crippen molar-refractivity contribution in [3.8, 4) is 0 Å². The van der Waals surface area contributed by atoms with Crippen LogP contribution < -0.4 is 0 Å². The molecule has 2 bridgehead atoms. The van der Waals surface area contributed by atoms with E-state index in [0.29, 0.717) is 0 Å². The van der Waals surface area contributed by atoms with Crippen LogP contribution in [-0.2, 0) is 19.1 Å². The highest BCUT2D eigenvalue weighted by molar-refractivity contribution is 5.83. The highest BCUT2D eigenvalue weighted by Gasteiger charge is 2.52. The number of carbonyl (C=O) groups is 2. The molecule has 0 amide bonds. The molecule has 1 N–H and O–H groups in total. The van der Waals surface area contributed by atoms with Crippen LogP contribution >= 0.6 is 0 Å². The minimum Gasteiger partial charge on any atom is -0.481 e. The van der Waals surface area contributed by atoms with Gasteiger partial charge in [-0.25, -0.2) is 0 Å². The van der Waals surface area contributed by atoms with Crippen molar-refractivity contribution in [2.75, 3.05) is 13.2 Å². The number of hydrogen-bond donors (Lipinski definition) is 1. The topological polar surface area (TPSA) is 72.8 Å². The lowest BCUT2D eigenvalue weighted by Crippen LogP contribution is -2.35. The summed E-state index contributed by atoms with van der Waals surface area (Å²) in [5.74, 6) is -2.39. The van der Waals surface area contributed by atoms with Crippen LogP contribution in [0.15, 0.2) is 12.2 Å². The summed E-state index contributed by atoms with van der Waals surface area (Å²) < 4.78 is 10.7. The third-order valence-corrected chi connectivity index (χ3v) is 4.45. The summed E-state index contributed by atoms with van der Waals surface area (Å²) in [4.78, 5) is 23.4. The fourth-order valence-corrected chi connectivity index (χ4v) is 3.53. The Bertz CT molecular complexity index is 410. The zero-order chi connectivity index (χ0) is 13.4. The molecule has 0 spiro atoms. The van der Waals surface area contributed by atoms with Gasteiger partial charge in [0, 0.05) is 6.61 Å². The molecule has 19 heavy (non-hydrogen) atoms. The molecule has 0 aromatic carbocycles. The van der Waals surface area contributed by atoms with Gasteiger partial charge < -0.3 is 14.6 Å². The van der Waals surface area contributed by atoms with E-state index < -0.39 is 17.8 Å². The SMILES string of the molecule is O=C(O)[C@H]1[C@H](C(=O)OC[C@@H]2CCCO2)[C@H]2C=C[C@H]1C2. The molecule has 5 atom stereocenters. The van der Waals surface area contributed by atoms with Gasteiger partial charge in [0.2, 0.25) is 0 Å². The van der Waals surface area contributed by atoms with Crippen molar-refractivity contribution in [1.82, 2.24) is 0 Å². The number of carboxylic acids is 1. The Morgan fingerprint density at radius 1 is 1.26 bits per heavy atom. The largest absolute Gasteiger partial charge is 0.481 e. The predicted molar refractivity (Wildman–Crippen MR) is 65.3 cm³/mol. The number of allylic oxidation sites excluding steroid dienone is 2. The number of carboxylic acid groups (broad SMARTS) is 1. The third kappa shape index (κ3) is 2.27. The average molecular weight is 266 g/mol. The number of fused-ring (bicyclic) bond motifs is 2. The fraction of sp³-hybridized carbons (Fsp3) is 0.714. The molecule has 5 nitrogen and oxygen atoms in total. The maximum absolute atomic E-state index is 12.1. The summed E-state index contributed by atoms with van der Waals surface area (Å²) in [6.45, 7) is 0.972. The molecule has 2 fully saturated rings. The van der Waals surface area contributed by atoms with E-state index in [1.165, 1.54) is 0 Å². The van der Waals surface area contributed by atoms with Crippen LogP contribution in [0.2, 0.25) is 0 Å². The number of ether oxygens (including phenoxy) is 2. The standard InChI is InChI=1S/C14H18O5/c15-13(16)11-8-3-4-9(6-8)12(11)14(17)19-7-10-2-1-5-18-10/h3-4,8-12H,1-2,5-7H2,(H,15,16)/t8-,9-,10-,11+,12+/m0/s1. The Morgan fingerprint density at radius 2 is 2.00 bits per heavy atom. The van der Waals surface area contributed by atoms with Crippen molar-refractivity contribution in [2.24, 2.45) is 23.7 Å². The van der Waals surface area contributed by atoms with E-state index >= 15 is 0 Å². The minimum atomic E-state index is -0.893. The van der Waals surface area contributed by atoms with E-state index in [1.807, 2.05) is 12.2 Å². The number of rotatable bonds is 4. The normalized spacial score (nSPS) is 39.7. The molecule has 1 heterocycles. The van der Waals surface area contributed by atoms with Crippen molar-refractivity contribution in [2.45, 2.75) is 25.4 Å². The van der Waals surface area contributed by atoms with Gasteiger partial charge in [-0.05, 0) is 31.1 Å². The van der Waals surface area contributed by atoms with E-state index in [2.05, 4.69) is 0 Å². The molecular formula is C14H18O5. The number of carbonyl (C=O) groups excluding carboxylic acids is 1. The summed E-state index contributed by atoms with van der Waals surface area (Å²) in [6, 6.07) is 0. The van der Waals surface area contributed by atoms with Crippen LogP contribution in [0.25, 0.3) is 0 Å². The zero-order valence-electron chi connectivity index (χ0n) is 10.7. The Labute approximate surface area is 111 Å². The first-order valence-corrected chi connectivity index (χ1v) is 6.86. The van der Waals surface area contributed by atoms with Crippen LogP contribution in [0.4, 0.5) is 0 Å². The Kier molecular flexibility index (Phi) is 3.31. The highest BCUT2D eigenvalue weighted by atomic mass is 16.6. The first-order valence-electron chi connectivity index (χ1n) is 6.86. The van der Waals surface area contributed by atoms with Crippen LogP contribution in [0.5, 0.6) is 0 Å². The number of hydrogen-bond acceptors (Lipinski definition) is 4. The Balaban J connectivity index is 1.62. The summed E-state index contributed by atoms with van der Waals surface area (Å²) in [5.41, 5.74) is 0. The molecule has 3 rings (SSSR count). The lowest BCUT2D eigenvalue weighted by Gasteiger charge is -2.23. The van der Waals surface area contributed by atoms with Gasteiger partial charge >= 0.3 is 11.9 Å². The third-order valence-electron chi connectivity index (χ3n) is 4.45. The van der Waals surface area contributed by atoms with Gasteiger partial charge in [-0.2, -0.15) is 0 Å². The van der Waals surface area contributed by atoms with Crippen LogP contribution in [0.1, 0.15) is 19.3 Å². The lowest BCUT2D eigenvalue weighted by atomic mass is 9.83. The second kappa shape index (κ2) is 4.96. The van der Waals surface area contributed by atoms with E-state index in [1.54, 1.807) is 0 Å². The first kappa shape index (κ1) is 12.7. The second-order valence-electron chi connectivity index (χ2n) is 5.60. The molecule has 104 valence electrons. The smallest absolute Gasteiger partial charge is 0.310 e. The van der Waals surface area contributed by atoms with Crippen molar-refractivity contribution < 1.29 is 24.2 Å². The van der Waals surface area contributed by atoms with Gasteiger partial charge in [0.15, 0.2) is 0 Å². The lowest BCUT2D eigenvalue weighted by molar-refractivity contribution is -0.160. The minimum absolute atomic E-state index is 0.0113. The Hall–Kier alpha value is -1.36. The van der Waals surface area contributed by atoms with Gasteiger partial charge in [-0.15, -0.1) is 0 Å². The quantitative estimate of drug-likeness (QED) is 0.612. The molecule has 1 saturated carbocycles. The molecule has 0 unspecified atom stereocenters. The molecule has 0 radical (unpaired) electrons. The monoisotopic (exact) mass is 266 g/mol. The van der Waals surface area contributed by atoms with Gasteiger partial charge in [0.1, 0.15) is 6.61 Å². The highest BCUT2D eigenvalue weighted by Crippen LogP contribution is 2.48. The van der Waals surface area contributed by atoms with E-state index in [-0.39, 0.29) is 30.5 Å². The Morgan fingerprint density at radius 3 is 2.63 bits per heavy atom. The molecule has 0 aromatic heterocycles. The second-order valence-corrected chi connectivity index (χ2v) is 5.60. The van der Waals surface area contributed by atoms with Crippen LogP contribution in [0.3, 0.4) is 0 Å². The fourth-order valence-electron chi connectivity index (χ4n) is 3.53. The molecule has 1 saturated heterocycles. The summed E-state index contributed by atoms with van der Waals surface area (Å²) in [7, 11) is 0. The molecule has 0 aromatic rings. The summed E-state index contributed by atoms with van der Waals surface area (Å²) in [6.07, 6.45) is 6.54. The molecular weight excluding hydrogens is 248 g/mol. The molecule has 2 aliphatic carbocycles. The van der Waals surface area contributed by atoms with E-state index in [0.717, 1.165) is 25.9 Å². The molecule has 5 heteroatoms. The predicted octanol–water partition coefficient (Wildman–Crippen LogP) is 1.23. The zero-order valence-corrected chi connectivity index (χ0v) is 10.7. The van der Waals surface area contributed by atoms with Crippen LogP contribution in [-0.4, -0.2) is 36.4 Å². The van der Waals surface area contributed by atoms with Crippen molar-refractivity contribution in [3.63, 3.8) is 0 Å². The maximum Gasteiger partial charge on any atom is 0.310 e. The van der Waals surface area contributed by atoms with E-state index in [4.69, 9.17) is 9.47 Å². The van der Waals surface area contributed by atoms with Crippen molar-refractivity contribution in [3.05, 3.63) is 12.2 Å². The van der Waals surface area contributed by atoms with Gasteiger partial charge in [0.25, 0.3) is 0 Å². The van der Waals surface area contributed by atoms with Crippen molar-refractivity contribution in [1.29, 1.82) is 0 Å². The number of aliphatic carboxylic acids is 1. The first-order chi connectivity index (χ1) is 9.16. The van der Waals surface area contributed by atoms with E-state index in [9.17, 15) is 14.7 Å². The van der Waals surface area contributed by atoms with Gasteiger partial charge in [0.05, 0.1) is 17.9 Å². The molecule has 3 aliphatic rings. The number of esters is 1. The van der Waals surface area contributed by atoms with Gasteiger partial charge in [-0.1, -0.05) is 12.2 Å². The van der Waals surface area contributed by atoms with Crippen molar-refractivity contribution >= 4 is 11.9 Å². The average Bonchev–Trinajstić information content (AvgIpc) is 3.10. The molecule has 1 aliphatic heterocycles. The van der Waals surface area contributed by atoms with Crippen LogP contribution in [0, 0.1) is 23.7 Å². The van der Waals surface area contributed by atoms with Gasteiger partial charge in [-0.3, -0.25) is 9.59 Å². The maximum atomic E-state index is 12.1.